The lowest BCUT2D eigenvalue weighted by atomic mass is 10.0. The Hall–Kier alpha value is -0.570. The maximum atomic E-state index is 10.5. The van der Waals surface area contributed by atoms with Crippen molar-refractivity contribution < 1.29 is 9.63 Å². The van der Waals surface area contributed by atoms with E-state index in [1.165, 1.54) is 5.06 Å². The molecule has 0 aromatic rings. The highest BCUT2D eigenvalue weighted by molar-refractivity contribution is 5.82. The summed E-state index contributed by atoms with van der Waals surface area (Å²) >= 11 is 0. The summed E-state index contributed by atoms with van der Waals surface area (Å²) in [5.41, 5.74) is 0. The molecule has 2 saturated heterocycles. The van der Waals surface area contributed by atoms with Gasteiger partial charge in [-0.2, -0.15) is 0 Å². The number of fused-ring (bicyclic) bond motifs is 1. The van der Waals surface area contributed by atoms with E-state index in [0.29, 0.717) is 12.5 Å². The molecule has 3 nitrogen and oxygen atoms in total. The lowest BCUT2D eigenvalue weighted by Crippen LogP contribution is -2.47. The van der Waals surface area contributed by atoms with Gasteiger partial charge >= 0.3 is 0 Å². The normalized spacial score (nSPS) is 34.8. The molecule has 44 valence electrons. The van der Waals surface area contributed by atoms with Crippen LogP contribution in [0.5, 0.6) is 0 Å². The largest absolute Gasteiger partial charge is 0.272 e. The minimum Gasteiger partial charge on any atom is -0.272 e. The zero-order chi connectivity index (χ0) is 5.56. The second kappa shape index (κ2) is 1.23. The monoisotopic (exact) mass is 113 g/mol. The van der Waals surface area contributed by atoms with Crippen molar-refractivity contribution in [1.82, 2.24) is 5.06 Å². The molecule has 1 unspecified atom stereocenters. The molecule has 0 saturated carbocycles. The van der Waals surface area contributed by atoms with Crippen molar-refractivity contribution in [2.75, 3.05) is 6.61 Å². The molecule has 0 aromatic carbocycles. The van der Waals surface area contributed by atoms with Gasteiger partial charge in [0, 0.05) is 0 Å². The van der Waals surface area contributed by atoms with Crippen molar-refractivity contribution in [3.63, 3.8) is 0 Å². The van der Waals surface area contributed by atoms with Crippen molar-refractivity contribution in [3.05, 3.63) is 0 Å². The molecule has 0 aliphatic carbocycles. The van der Waals surface area contributed by atoms with Gasteiger partial charge in [0.25, 0.3) is 0 Å². The third kappa shape index (κ3) is 0.351. The first-order valence-electron chi connectivity index (χ1n) is 2.83. The Labute approximate surface area is 47.2 Å². The number of amides is 1. The van der Waals surface area contributed by atoms with Crippen molar-refractivity contribution in [2.45, 2.75) is 18.9 Å². The van der Waals surface area contributed by atoms with Gasteiger partial charge in [0.15, 0.2) is 0 Å². The standard InChI is InChI=1S/C5H7NO2/c7-5-3-4-1-2-8-6(4)5/h4H,1-3H2. The van der Waals surface area contributed by atoms with Crippen molar-refractivity contribution in [1.29, 1.82) is 0 Å². The van der Waals surface area contributed by atoms with E-state index in [1.807, 2.05) is 0 Å². The topological polar surface area (TPSA) is 29.5 Å². The molecule has 3 heteroatoms. The summed E-state index contributed by atoms with van der Waals surface area (Å²) in [5.74, 6) is 0.146. The van der Waals surface area contributed by atoms with Crippen LogP contribution in [0.15, 0.2) is 0 Å². The number of carbonyl (C=O) groups is 1. The first-order valence-corrected chi connectivity index (χ1v) is 2.83. The molecule has 0 aromatic heterocycles. The second-order valence-electron chi connectivity index (χ2n) is 2.20. The molecule has 0 spiro atoms. The molecule has 1 amide bonds. The number of β-lactam (4-membered cyclic amide) rings is 1. The average Bonchev–Trinajstić information content (AvgIpc) is 2.09. The molecule has 2 fully saturated rings. The molecule has 0 N–H and O–H groups in total. The van der Waals surface area contributed by atoms with E-state index in [9.17, 15) is 4.79 Å². The number of hydroxylamine groups is 2. The fourth-order valence-electron chi connectivity index (χ4n) is 1.15. The van der Waals surface area contributed by atoms with Gasteiger partial charge in [-0.15, -0.1) is 0 Å². The van der Waals surface area contributed by atoms with Gasteiger partial charge in [0.2, 0.25) is 5.91 Å². The van der Waals surface area contributed by atoms with Crippen LogP contribution in [0.4, 0.5) is 0 Å². The third-order valence-electron chi connectivity index (χ3n) is 1.67. The number of carbonyl (C=O) groups excluding carboxylic acids is 1. The SMILES string of the molecule is O=C1CC2CCON12. The second-order valence-corrected chi connectivity index (χ2v) is 2.20. The molecule has 2 rings (SSSR count). The zero-order valence-electron chi connectivity index (χ0n) is 4.46. The third-order valence-corrected chi connectivity index (χ3v) is 1.67. The fourth-order valence-corrected chi connectivity index (χ4v) is 1.15. The van der Waals surface area contributed by atoms with Crippen molar-refractivity contribution in [3.8, 4) is 0 Å². The smallest absolute Gasteiger partial charge is 0.248 e. The van der Waals surface area contributed by atoms with Gasteiger partial charge in [-0.1, -0.05) is 0 Å². The average molecular weight is 113 g/mol. The Kier molecular flexibility index (Phi) is 0.663. The fraction of sp³-hybridized carbons (Fsp3) is 0.800. The summed E-state index contributed by atoms with van der Waals surface area (Å²) in [6.45, 7) is 0.733. The van der Waals surface area contributed by atoms with Gasteiger partial charge in [-0.3, -0.25) is 9.63 Å². The summed E-state index contributed by atoms with van der Waals surface area (Å²) in [4.78, 5) is 15.5. The molecule has 1 atom stereocenters. The Morgan fingerprint density at radius 1 is 1.75 bits per heavy atom. The van der Waals surface area contributed by atoms with Crippen LogP contribution >= 0.6 is 0 Å². The lowest BCUT2D eigenvalue weighted by Gasteiger charge is -2.30. The lowest BCUT2D eigenvalue weighted by molar-refractivity contribution is -0.197. The summed E-state index contributed by atoms with van der Waals surface area (Å²) in [5, 5.41) is 1.49. The molecule has 2 aliphatic heterocycles. The van der Waals surface area contributed by atoms with E-state index >= 15 is 0 Å². The van der Waals surface area contributed by atoms with E-state index < -0.39 is 0 Å². The first kappa shape index (κ1) is 4.32. The predicted octanol–water partition coefficient (Wildman–Crippen LogP) is -0.0774. The maximum absolute atomic E-state index is 10.5. The van der Waals surface area contributed by atoms with E-state index in [-0.39, 0.29) is 5.91 Å². The Balaban J connectivity index is 2.11. The van der Waals surface area contributed by atoms with Gasteiger partial charge in [-0.05, 0) is 6.42 Å². The molecule has 0 radical (unpaired) electrons. The molecule has 8 heavy (non-hydrogen) atoms. The van der Waals surface area contributed by atoms with E-state index in [2.05, 4.69) is 0 Å². The van der Waals surface area contributed by atoms with Crippen LogP contribution in [0.25, 0.3) is 0 Å². The summed E-state index contributed by atoms with van der Waals surface area (Å²) in [7, 11) is 0. The number of rotatable bonds is 0. The summed E-state index contributed by atoms with van der Waals surface area (Å²) in [6, 6.07) is 0.433. The number of hydrogen-bond acceptors (Lipinski definition) is 2. The Morgan fingerprint density at radius 2 is 2.62 bits per heavy atom. The Morgan fingerprint density at radius 3 is 3.12 bits per heavy atom. The van der Waals surface area contributed by atoms with Crippen molar-refractivity contribution >= 4 is 5.91 Å². The van der Waals surface area contributed by atoms with Crippen LogP contribution in [0.3, 0.4) is 0 Å². The maximum Gasteiger partial charge on any atom is 0.248 e. The van der Waals surface area contributed by atoms with Crippen molar-refractivity contribution in [2.24, 2.45) is 0 Å². The first-order chi connectivity index (χ1) is 3.88. The minimum atomic E-state index is 0.146. The van der Waals surface area contributed by atoms with Gasteiger partial charge in [0.05, 0.1) is 19.1 Å². The molecule has 2 aliphatic rings. The quantitative estimate of drug-likeness (QED) is 0.411. The van der Waals surface area contributed by atoms with Crippen LogP contribution in [-0.4, -0.2) is 23.6 Å². The van der Waals surface area contributed by atoms with E-state index in [1.54, 1.807) is 0 Å². The van der Waals surface area contributed by atoms with Crippen LogP contribution in [0.1, 0.15) is 12.8 Å². The van der Waals surface area contributed by atoms with E-state index in [0.717, 1.165) is 13.0 Å². The summed E-state index contributed by atoms with van der Waals surface area (Å²) in [6.07, 6.45) is 1.74. The predicted molar refractivity (Wildman–Crippen MR) is 25.8 cm³/mol. The number of nitrogens with zero attached hydrogens (tertiary/aromatic N) is 1. The number of hydrogen-bond donors (Lipinski definition) is 0. The van der Waals surface area contributed by atoms with Gasteiger partial charge in [0.1, 0.15) is 0 Å². The van der Waals surface area contributed by atoms with Crippen LogP contribution in [0, 0.1) is 0 Å². The van der Waals surface area contributed by atoms with Crippen LogP contribution in [-0.2, 0) is 9.63 Å². The molecular formula is C5H7NO2. The highest BCUT2D eigenvalue weighted by Gasteiger charge is 2.41. The summed E-state index contributed by atoms with van der Waals surface area (Å²) < 4.78 is 0. The van der Waals surface area contributed by atoms with Crippen LogP contribution < -0.4 is 0 Å². The van der Waals surface area contributed by atoms with E-state index in [4.69, 9.17) is 4.84 Å². The van der Waals surface area contributed by atoms with Crippen LogP contribution in [0.2, 0.25) is 0 Å². The van der Waals surface area contributed by atoms with Gasteiger partial charge < -0.3 is 0 Å². The molecule has 0 bridgehead atoms. The Bertz CT molecular complexity index is 134. The molecular weight excluding hydrogens is 106 g/mol. The molecule has 2 heterocycles. The minimum absolute atomic E-state index is 0.146. The highest BCUT2D eigenvalue weighted by atomic mass is 16.7. The highest BCUT2D eigenvalue weighted by Crippen LogP contribution is 2.27. The zero-order valence-corrected chi connectivity index (χ0v) is 4.46. The van der Waals surface area contributed by atoms with Gasteiger partial charge in [-0.25, -0.2) is 5.06 Å².